The summed E-state index contributed by atoms with van der Waals surface area (Å²) >= 11 is 0. The molecule has 0 amide bonds. The van der Waals surface area contributed by atoms with Gasteiger partial charge in [0.1, 0.15) is 0 Å². The highest BCUT2D eigenvalue weighted by atomic mass is 31.1. The Kier molecular flexibility index (Phi) is 6.87. The summed E-state index contributed by atoms with van der Waals surface area (Å²) in [5.74, 6) is 0. The van der Waals surface area contributed by atoms with E-state index >= 15 is 0 Å². The monoisotopic (exact) mass is 182 g/mol. The lowest BCUT2D eigenvalue weighted by atomic mass is 10.2. The van der Waals surface area contributed by atoms with E-state index in [-0.39, 0.29) is 0 Å². The standard InChI is InChI=1S/C6H15O4P/c1-2-3-4-5-6(7)10-11(8)9/h6-7,11H,2-5H2,1H3,(H,8,9). The highest BCUT2D eigenvalue weighted by molar-refractivity contribution is 7.32. The molecule has 0 aromatic carbocycles. The van der Waals surface area contributed by atoms with Gasteiger partial charge in [-0.25, -0.2) is 0 Å². The zero-order valence-electron chi connectivity index (χ0n) is 6.62. The van der Waals surface area contributed by atoms with Gasteiger partial charge in [0, 0.05) is 0 Å². The SMILES string of the molecule is CCCCCC(O)O[PH](=O)O. The fraction of sp³-hybridized carbons (Fsp3) is 1.00. The van der Waals surface area contributed by atoms with E-state index < -0.39 is 14.5 Å². The van der Waals surface area contributed by atoms with E-state index in [0.717, 1.165) is 19.3 Å². The molecule has 4 nitrogen and oxygen atoms in total. The molecule has 0 saturated heterocycles. The Labute approximate surface area is 67.1 Å². The van der Waals surface area contributed by atoms with Crippen molar-refractivity contribution in [3.8, 4) is 0 Å². The Morgan fingerprint density at radius 2 is 2.18 bits per heavy atom. The summed E-state index contributed by atoms with van der Waals surface area (Å²) in [6, 6.07) is 0. The van der Waals surface area contributed by atoms with Crippen LogP contribution in [0.1, 0.15) is 32.6 Å². The first-order valence-corrected chi connectivity index (χ1v) is 5.00. The highest BCUT2D eigenvalue weighted by Crippen LogP contribution is 2.19. The number of hydrogen-bond donors (Lipinski definition) is 2. The topological polar surface area (TPSA) is 66.8 Å². The average Bonchev–Trinajstić information content (AvgIpc) is 1.86. The molecule has 0 fully saturated rings. The van der Waals surface area contributed by atoms with Gasteiger partial charge < -0.3 is 10.00 Å². The maximum Gasteiger partial charge on any atom is 0.318 e. The lowest BCUT2D eigenvalue weighted by Gasteiger charge is -2.07. The zero-order chi connectivity index (χ0) is 8.69. The molecule has 0 aliphatic heterocycles. The highest BCUT2D eigenvalue weighted by Gasteiger charge is 2.05. The van der Waals surface area contributed by atoms with Crippen LogP contribution in [-0.4, -0.2) is 16.3 Å². The van der Waals surface area contributed by atoms with Crippen molar-refractivity contribution >= 4 is 8.25 Å². The van der Waals surface area contributed by atoms with Gasteiger partial charge >= 0.3 is 8.25 Å². The van der Waals surface area contributed by atoms with Crippen LogP contribution in [0, 0.1) is 0 Å². The van der Waals surface area contributed by atoms with E-state index in [9.17, 15) is 4.57 Å². The van der Waals surface area contributed by atoms with Crippen LogP contribution < -0.4 is 0 Å². The van der Waals surface area contributed by atoms with Crippen LogP contribution in [0.15, 0.2) is 0 Å². The normalized spacial score (nSPS) is 16.3. The summed E-state index contributed by atoms with van der Waals surface area (Å²) in [7, 11) is -2.97. The maximum absolute atomic E-state index is 10.0. The molecule has 2 atom stereocenters. The predicted molar refractivity (Wildman–Crippen MR) is 42.5 cm³/mol. The summed E-state index contributed by atoms with van der Waals surface area (Å²) in [5.41, 5.74) is 0. The minimum Gasteiger partial charge on any atom is -0.368 e. The van der Waals surface area contributed by atoms with Gasteiger partial charge in [0.15, 0.2) is 6.29 Å². The van der Waals surface area contributed by atoms with Gasteiger partial charge in [-0.2, -0.15) is 0 Å². The molecule has 68 valence electrons. The molecule has 2 N–H and O–H groups in total. The van der Waals surface area contributed by atoms with Crippen molar-refractivity contribution in [3.63, 3.8) is 0 Å². The molecule has 2 unspecified atom stereocenters. The second-order valence-electron chi connectivity index (χ2n) is 2.33. The van der Waals surface area contributed by atoms with Gasteiger partial charge in [0.25, 0.3) is 0 Å². The first-order chi connectivity index (χ1) is 5.16. The number of rotatable bonds is 6. The van der Waals surface area contributed by atoms with Crippen molar-refractivity contribution < 1.29 is 19.1 Å². The zero-order valence-corrected chi connectivity index (χ0v) is 7.62. The lowest BCUT2D eigenvalue weighted by Crippen LogP contribution is -2.06. The van der Waals surface area contributed by atoms with Crippen molar-refractivity contribution in [2.24, 2.45) is 0 Å². The van der Waals surface area contributed by atoms with Crippen LogP contribution in [-0.2, 0) is 9.09 Å². The van der Waals surface area contributed by atoms with Gasteiger partial charge in [-0.3, -0.25) is 9.09 Å². The van der Waals surface area contributed by atoms with E-state index in [1.54, 1.807) is 0 Å². The minimum atomic E-state index is -2.97. The van der Waals surface area contributed by atoms with E-state index in [2.05, 4.69) is 4.52 Å². The lowest BCUT2D eigenvalue weighted by molar-refractivity contribution is -0.0257. The van der Waals surface area contributed by atoms with Crippen molar-refractivity contribution in [3.05, 3.63) is 0 Å². The van der Waals surface area contributed by atoms with E-state index in [1.165, 1.54) is 0 Å². The maximum atomic E-state index is 10.0. The Morgan fingerprint density at radius 1 is 1.55 bits per heavy atom. The number of aliphatic hydroxyl groups is 1. The van der Waals surface area contributed by atoms with Crippen LogP contribution >= 0.6 is 8.25 Å². The molecular weight excluding hydrogens is 167 g/mol. The quantitative estimate of drug-likeness (QED) is 0.369. The van der Waals surface area contributed by atoms with Crippen molar-refractivity contribution in [1.82, 2.24) is 0 Å². The largest absolute Gasteiger partial charge is 0.368 e. The third-order valence-electron chi connectivity index (χ3n) is 1.29. The van der Waals surface area contributed by atoms with Gasteiger partial charge in [-0.1, -0.05) is 19.8 Å². The van der Waals surface area contributed by atoms with Crippen molar-refractivity contribution in [1.29, 1.82) is 0 Å². The summed E-state index contributed by atoms with van der Waals surface area (Å²) in [5, 5.41) is 8.89. The molecule has 0 spiro atoms. The Morgan fingerprint density at radius 3 is 2.64 bits per heavy atom. The van der Waals surface area contributed by atoms with E-state index in [4.69, 9.17) is 10.00 Å². The summed E-state index contributed by atoms with van der Waals surface area (Å²) in [4.78, 5) is 8.24. The fourth-order valence-corrected chi connectivity index (χ4v) is 1.09. The fourth-order valence-electron chi connectivity index (χ4n) is 0.744. The van der Waals surface area contributed by atoms with Crippen LogP contribution in [0.4, 0.5) is 0 Å². The van der Waals surface area contributed by atoms with Crippen molar-refractivity contribution in [2.45, 2.75) is 38.9 Å². The number of unbranched alkanes of at least 4 members (excludes halogenated alkanes) is 2. The first kappa shape index (κ1) is 11.1. The van der Waals surface area contributed by atoms with Crippen molar-refractivity contribution in [2.75, 3.05) is 0 Å². The molecule has 5 heteroatoms. The molecule has 0 rings (SSSR count). The van der Waals surface area contributed by atoms with Crippen LogP contribution in [0.25, 0.3) is 0 Å². The van der Waals surface area contributed by atoms with Gasteiger partial charge in [-0.15, -0.1) is 0 Å². The van der Waals surface area contributed by atoms with Crippen LogP contribution in [0.3, 0.4) is 0 Å². The third kappa shape index (κ3) is 8.01. The van der Waals surface area contributed by atoms with Gasteiger partial charge in [0.05, 0.1) is 0 Å². The Bertz CT molecular complexity index is 117. The summed E-state index contributed by atoms with van der Waals surface area (Å²) in [6.45, 7) is 2.04. The molecule has 0 aromatic rings. The summed E-state index contributed by atoms with van der Waals surface area (Å²) < 4.78 is 14.3. The smallest absolute Gasteiger partial charge is 0.318 e. The predicted octanol–water partition coefficient (Wildman–Crippen LogP) is 1.28. The van der Waals surface area contributed by atoms with Gasteiger partial charge in [-0.05, 0) is 12.8 Å². The molecule has 0 aliphatic rings. The summed E-state index contributed by atoms with van der Waals surface area (Å²) in [6.07, 6.45) is 2.25. The second kappa shape index (κ2) is 6.80. The number of hydrogen-bond acceptors (Lipinski definition) is 3. The van der Waals surface area contributed by atoms with Crippen LogP contribution in [0.5, 0.6) is 0 Å². The van der Waals surface area contributed by atoms with E-state index in [1.807, 2.05) is 6.92 Å². The minimum absolute atomic E-state index is 0.435. The van der Waals surface area contributed by atoms with Crippen LogP contribution in [0.2, 0.25) is 0 Å². The molecular formula is C6H15O4P. The first-order valence-electron chi connectivity index (χ1n) is 3.74. The van der Waals surface area contributed by atoms with Gasteiger partial charge in [0.2, 0.25) is 0 Å². The molecule has 0 heterocycles. The Balaban J connectivity index is 3.22. The molecule has 0 saturated carbocycles. The molecule has 0 bridgehead atoms. The Hall–Kier alpha value is 0.110. The second-order valence-corrected chi connectivity index (χ2v) is 3.10. The molecule has 11 heavy (non-hydrogen) atoms. The molecule has 0 radical (unpaired) electrons. The number of aliphatic hydroxyl groups excluding tert-OH is 1. The third-order valence-corrected chi connectivity index (χ3v) is 1.77. The average molecular weight is 182 g/mol. The molecule has 0 aliphatic carbocycles. The molecule has 0 aromatic heterocycles. The van der Waals surface area contributed by atoms with E-state index in [0.29, 0.717) is 6.42 Å².